The van der Waals surface area contributed by atoms with Crippen molar-refractivity contribution in [2.45, 2.75) is 44.8 Å². The minimum absolute atomic E-state index is 0.0920. The predicted molar refractivity (Wildman–Crippen MR) is 124 cm³/mol. The van der Waals surface area contributed by atoms with Crippen LogP contribution in [0.4, 0.5) is 0 Å². The summed E-state index contributed by atoms with van der Waals surface area (Å²) in [5, 5.41) is 22.7. The molecule has 0 aliphatic rings. The highest BCUT2D eigenvalue weighted by molar-refractivity contribution is 7.99. The second kappa shape index (κ2) is 9.78. The molecule has 7 nitrogen and oxygen atoms in total. The van der Waals surface area contributed by atoms with Gasteiger partial charge in [0.05, 0.1) is 12.0 Å². The van der Waals surface area contributed by atoms with Gasteiger partial charge in [0, 0.05) is 12.1 Å². The molecule has 1 aromatic heterocycles. The molecule has 2 N–H and O–H groups in total. The SMILES string of the molecule is CCn1c(SCC(=O)N/N=C\c2cccc(O)c2)nnc1-c1ccc(C(C)(C)C)cc1. The van der Waals surface area contributed by atoms with E-state index in [2.05, 4.69) is 65.8 Å². The van der Waals surface area contributed by atoms with E-state index in [1.165, 1.54) is 23.5 Å². The van der Waals surface area contributed by atoms with Gasteiger partial charge in [-0.05, 0) is 35.6 Å². The molecule has 0 radical (unpaired) electrons. The number of hydrogen-bond donors (Lipinski definition) is 2. The molecule has 0 saturated heterocycles. The molecule has 0 saturated carbocycles. The summed E-state index contributed by atoms with van der Waals surface area (Å²) in [7, 11) is 0. The van der Waals surface area contributed by atoms with Crippen molar-refractivity contribution in [3.63, 3.8) is 0 Å². The van der Waals surface area contributed by atoms with Crippen LogP contribution in [0.15, 0.2) is 58.8 Å². The number of hydrogen-bond acceptors (Lipinski definition) is 6. The summed E-state index contributed by atoms with van der Waals surface area (Å²) in [6.07, 6.45) is 1.48. The van der Waals surface area contributed by atoms with Crippen LogP contribution in [0.1, 0.15) is 38.8 Å². The maximum atomic E-state index is 12.1. The summed E-state index contributed by atoms with van der Waals surface area (Å²) >= 11 is 1.31. The molecule has 0 aliphatic heterocycles. The average molecular weight is 438 g/mol. The Kier molecular flexibility index (Phi) is 7.12. The van der Waals surface area contributed by atoms with Crippen LogP contribution in [0.2, 0.25) is 0 Å². The van der Waals surface area contributed by atoms with E-state index in [4.69, 9.17) is 0 Å². The quantitative estimate of drug-likeness (QED) is 0.328. The molecular formula is C23H27N5O2S. The molecule has 3 rings (SSSR count). The Morgan fingerprint density at radius 1 is 1.19 bits per heavy atom. The molecule has 0 aliphatic carbocycles. The van der Waals surface area contributed by atoms with Crippen molar-refractivity contribution in [3.05, 3.63) is 59.7 Å². The van der Waals surface area contributed by atoms with Crippen molar-refractivity contribution >= 4 is 23.9 Å². The van der Waals surface area contributed by atoms with Crippen LogP contribution in [0.5, 0.6) is 5.75 Å². The lowest BCUT2D eigenvalue weighted by molar-refractivity contribution is -0.118. The number of amides is 1. The number of hydrazone groups is 1. The molecule has 3 aromatic rings. The van der Waals surface area contributed by atoms with E-state index in [-0.39, 0.29) is 22.8 Å². The highest BCUT2D eigenvalue weighted by Crippen LogP contribution is 2.27. The van der Waals surface area contributed by atoms with Crippen LogP contribution in [0.25, 0.3) is 11.4 Å². The zero-order chi connectivity index (χ0) is 22.4. The van der Waals surface area contributed by atoms with E-state index in [9.17, 15) is 9.90 Å². The molecule has 2 aromatic carbocycles. The number of thioether (sulfide) groups is 1. The fraction of sp³-hybridized carbons (Fsp3) is 0.304. The molecule has 31 heavy (non-hydrogen) atoms. The van der Waals surface area contributed by atoms with Gasteiger partial charge in [-0.1, -0.05) is 68.9 Å². The number of phenols is 1. The molecule has 1 heterocycles. The monoisotopic (exact) mass is 437 g/mol. The third-order valence-corrected chi connectivity index (χ3v) is 5.61. The summed E-state index contributed by atoms with van der Waals surface area (Å²) in [6, 6.07) is 15.0. The topological polar surface area (TPSA) is 92.4 Å². The van der Waals surface area contributed by atoms with Crippen LogP contribution < -0.4 is 5.43 Å². The minimum Gasteiger partial charge on any atom is -0.508 e. The molecule has 0 unspecified atom stereocenters. The van der Waals surface area contributed by atoms with Crippen molar-refractivity contribution in [1.29, 1.82) is 0 Å². The van der Waals surface area contributed by atoms with Crippen LogP contribution in [0.3, 0.4) is 0 Å². The number of nitrogens with one attached hydrogen (secondary N) is 1. The van der Waals surface area contributed by atoms with Gasteiger partial charge in [0.2, 0.25) is 0 Å². The molecule has 0 atom stereocenters. The number of carbonyl (C=O) groups excluding carboxylic acids is 1. The Morgan fingerprint density at radius 3 is 2.58 bits per heavy atom. The summed E-state index contributed by atoms with van der Waals surface area (Å²) in [5.41, 5.74) is 5.53. The summed E-state index contributed by atoms with van der Waals surface area (Å²) in [5.74, 6) is 0.850. The van der Waals surface area contributed by atoms with Crippen molar-refractivity contribution < 1.29 is 9.90 Å². The normalized spacial score (nSPS) is 11.7. The first-order valence-corrected chi connectivity index (χ1v) is 11.0. The zero-order valence-electron chi connectivity index (χ0n) is 18.2. The summed E-state index contributed by atoms with van der Waals surface area (Å²) < 4.78 is 2.00. The molecule has 0 spiro atoms. The summed E-state index contributed by atoms with van der Waals surface area (Å²) in [4.78, 5) is 12.1. The fourth-order valence-electron chi connectivity index (χ4n) is 2.96. The maximum absolute atomic E-state index is 12.1. The molecule has 0 bridgehead atoms. The molecule has 8 heteroatoms. The Labute approximate surface area is 186 Å². The number of nitrogens with zero attached hydrogens (tertiary/aromatic N) is 4. The van der Waals surface area contributed by atoms with Crippen molar-refractivity contribution in [1.82, 2.24) is 20.2 Å². The molecule has 0 fully saturated rings. The Balaban J connectivity index is 1.62. The lowest BCUT2D eigenvalue weighted by atomic mass is 9.87. The van der Waals surface area contributed by atoms with E-state index in [0.717, 1.165) is 11.4 Å². The molecule has 162 valence electrons. The van der Waals surface area contributed by atoms with E-state index < -0.39 is 0 Å². The van der Waals surface area contributed by atoms with E-state index >= 15 is 0 Å². The van der Waals surface area contributed by atoms with E-state index in [1.54, 1.807) is 24.3 Å². The largest absolute Gasteiger partial charge is 0.508 e. The highest BCUT2D eigenvalue weighted by atomic mass is 32.2. The maximum Gasteiger partial charge on any atom is 0.250 e. The fourth-order valence-corrected chi connectivity index (χ4v) is 3.75. The third kappa shape index (κ3) is 5.95. The van der Waals surface area contributed by atoms with Crippen LogP contribution in [0, 0.1) is 0 Å². The Bertz CT molecular complexity index is 1070. The Hall–Kier alpha value is -3.13. The minimum atomic E-state index is -0.247. The van der Waals surface area contributed by atoms with Gasteiger partial charge in [0.1, 0.15) is 5.75 Å². The van der Waals surface area contributed by atoms with Gasteiger partial charge in [-0.2, -0.15) is 5.10 Å². The van der Waals surface area contributed by atoms with Crippen LogP contribution >= 0.6 is 11.8 Å². The van der Waals surface area contributed by atoms with Gasteiger partial charge in [-0.3, -0.25) is 4.79 Å². The van der Waals surface area contributed by atoms with Gasteiger partial charge in [0.25, 0.3) is 5.91 Å². The first kappa shape index (κ1) is 22.6. The van der Waals surface area contributed by atoms with E-state index in [1.807, 2.05) is 11.5 Å². The molecular weight excluding hydrogens is 410 g/mol. The smallest absolute Gasteiger partial charge is 0.250 e. The van der Waals surface area contributed by atoms with Crippen molar-refractivity contribution in [3.8, 4) is 17.1 Å². The lowest BCUT2D eigenvalue weighted by Gasteiger charge is -2.19. The van der Waals surface area contributed by atoms with Crippen LogP contribution in [-0.2, 0) is 16.8 Å². The average Bonchev–Trinajstić information content (AvgIpc) is 3.15. The number of benzene rings is 2. The molecule has 1 amide bonds. The van der Waals surface area contributed by atoms with Gasteiger partial charge in [-0.15, -0.1) is 10.2 Å². The standard InChI is InChI=1S/C23H27N5O2S/c1-5-28-21(17-9-11-18(12-10-17)23(2,3)4)26-27-22(28)31-15-20(30)25-24-14-16-7-6-8-19(29)13-16/h6-14,29H,5,15H2,1-4H3,(H,25,30)/b24-14-. The first-order chi connectivity index (χ1) is 14.8. The van der Waals surface area contributed by atoms with Crippen LogP contribution in [-0.4, -0.2) is 37.7 Å². The highest BCUT2D eigenvalue weighted by Gasteiger charge is 2.17. The second-order valence-electron chi connectivity index (χ2n) is 8.05. The van der Waals surface area contributed by atoms with Gasteiger partial charge >= 0.3 is 0 Å². The number of aromatic hydroxyl groups is 1. The first-order valence-electron chi connectivity index (χ1n) is 10.1. The number of rotatable bonds is 7. The Morgan fingerprint density at radius 2 is 1.94 bits per heavy atom. The number of carbonyl (C=O) groups is 1. The van der Waals surface area contributed by atoms with Gasteiger partial charge in [-0.25, -0.2) is 5.43 Å². The third-order valence-electron chi connectivity index (χ3n) is 4.65. The lowest BCUT2D eigenvalue weighted by Crippen LogP contribution is -2.20. The predicted octanol–water partition coefficient (Wildman–Crippen LogP) is 4.21. The van der Waals surface area contributed by atoms with Crippen molar-refractivity contribution in [2.75, 3.05) is 5.75 Å². The zero-order valence-corrected chi connectivity index (χ0v) is 19.0. The number of phenolic OH excluding ortho intramolecular Hbond substituents is 1. The second-order valence-corrected chi connectivity index (χ2v) is 9.00. The van der Waals surface area contributed by atoms with Gasteiger partial charge in [0.15, 0.2) is 11.0 Å². The summed E-state index contributed by atoms with van der Waals surface area (Å²) in [6.45, 7) is 9.28. The van der Waals surface area contributed by atoms with Gasteiger partial charge < -0.3 is 9.67 Å². The number of aromatic nitrogens is 3. The van der Waals surface area contributed by atoms with E-state index in [0.29, 0.717) is 17.3 Å². The van der Waals surface area contributed by atoms with Crippen molar-refractivity contribution in [2.24, 2.45) is 5.10 Å².